The van der Waals surface area contributed by atoms with E-state index >= 15 is 0 Å². The van der Waals surface area contributed by atoms with Crippen LogP contribution in [-0.4, -0.2) is 9.52 Å². The molecule has 0 aliphatic carbocycles. The average molecular weight is 236 g/mol. The summed E-state index contributed by atoms with van der Waals surface area (Å²) in [6.45, 7) is 6.54. The van der Waals surface area contributed by atoms with Gasteiger partial charge in [0.2, 0.25) is 0 Å². The third-order valence-electron chi connectivity index (χ3n) is 1.76. The molecule has 0 amide bonds. The van der Waals surface area contributed by atoms with Crippen molar-refractivity contribution in [1.82, 2.24) is 0 Å². The summed E-state index contributed by atoms with van der Waals surface area (Å²) >= 11 is 0. The van der Waals surface area contributed by atoms with Gasteiger partial charge in [-0.2, -0.15) is 6.07 Å². The zero-order chi connectivity index (χ0) is 9.68. The molecule has 0 saturated carbocycles. The summed E-state index contributed by atoms with van der Waals surface area (Å²) in [5.74, 6) is 0. The molecular weight excluding hydrogens is 220 g/mol. The van der Waals surface area contributed by atoms with Crippen molar-refractivity contribution in [1.29, 1.82) is 0 Å². The van der Waals surface area contributed by atoms with E-state index in [4.69, 9.17) is 0 Å². The molecule has 70 valence electrons. The molecule has 2 rings (SSSR count). The largest absolute Gasteiger partial charge is 3.00 e. The van der Waals surface area contributed by atoms with Crippen LogP contribution in [0, 0.1) is 6.92 Å². The van der Waals surface area contributed by atoms with E-state index in [0.717, 1.165) is 9.52 Å². The van der Waals surface area contributed by atoms with E-state index < -0.39 is 0 Å². The quantitative estimate of drug-likeness (QED) is 0.486. The molecule has 0 aliphatic rings. The molecule has 2 aromatic rings. The van der Waals surface area contributed by atoms with Crippen molar-refractivity contribution in [3.8, 4) is 0 Å². The first-order chi connectivity index (χ1) is 6.27. The predicted molar refractivity (Wildman–Crippen MR) is 63.2 cm³/mol. The first-order valence-electron chi connectivity index (χ1n) is 4.64. The van der Waals surface area contributed by atoms with E-state index in [2.05, 4.69) is 56.4 Å². The van der Waals surface area contributed by atoms with Gasteiger partial charge in [0.25, 0.3) is 0 Å². The van der Waals surface area contributed by atoms with Crippen LogP contribution in [0.15, 0.2) is 36.4 Å². The van der Waals surface area contributed by atoms with Gasteiger partial charge in [-0.1, -0.05) is 26.1 Å². The molecule has 0 aliphatic heterocycles. The molecule has 0 atom stereocenters. The van der Waals surface area contributed by atoms with Crippen molar-refractivity contribution < 1.29 is 21.7 Å². The maximum absolute atomic E-state index is 2.21. The minimum atomic E-state index is 0. The number of hydrogen-bond acceptors (Lipinski definition) is 0. The van der Waals surface area contributed by atoms with Crippen molar-refractivity contribution in [3.63, 3.8) is 0 Å². The van der Waals surface area contributed by atoms with E-state index in [1.165, 1.54) is 16.3 Å². The second-order valence-electron chi connectivity index (χ2n) is 3.24. The van der Waals surface area contributed by atoms with Crippen LogP contribution in [0.4, 0.5) is 0 Å². The van der Waals surface area contributed by atoms with Gasteiger partial charge in [0.1, 0.15) is 0 Å². The maximum atomic E-state index is 2.21. The molecule has 2 aromatic carbocycles. The first kappa shape index (κ1) is 13.8. The van der Waals surface area contributed by atoms with Crippen LogP contribution in [0.25, 0.3) is 10.8 Å². The van der Waals surface area contributed by atoms with Crippen molar-refractivity contribution in [2.75, 3.05) is 0 Å². The van der Waals surface area contributed by atoms with Gasteiger partial charge in [0.15, 0.2) is 0 Å². The number of benzene rings is 1. The summed E-state index contributed by atoms with van der Waals surface area (Å²) in [6.07, 6.45) is 0. The molecule has 0 aromatic heterocycles. The average Bonchev–Trinajstić information content (AvgIpc) is 2.45. The molecule has 2 radical (unpaired) electrons. The third-order valence-corrected chi connectivity index (χ3v) is 1.76. The Morgan fingerprint density at radius 3 is 2.29 bits per heavy atom. The molecule has 0 fully saturated rings. The second-order valence-corrected chi connectivity index (χ2v) is 4.39. The molecule has 14 heavy (non-hydrogen) atoms. The normalized spacial score (nSPS) is 8.79. The molecular formula is C12H16SiTi+2. The van der Waals surface area contributed by atoms with E-state index in [0.29, 0.717) is 0 Å². The molecule has 0 unspecified atom stereocenters. The zero-order valence-corrected chi connectivity index (χ0v) is 11.8. The topological polar surface area (TPSA) is 0 Å². The van der Waals surface area contributed by atoms with Crippen LogP contribution >= 0.6 is 0 Å². The Balaban J connectivity index is 0.000000381. The van der Waals surface area contributed by atoms with Gasteiger partial charge in [-0.15, -0.1) is 40.6 Å². The van der Waals surface area contributed by atoms with Gasteiger partial charge >= 0.3 is 21.7 Å². The summed E-state index contributed by atoms with van der Waals surface area (Å²) in [6, 6.07) is 12.8. The van der Waals surface area contributed by atoms with Gasteiger partial charge < -0.3 is 0 Å². The van der Waals surface area contributed by atoms with Crippen LogP contribution in [0.1, 0.15) is 5.56 Å². The monoisotopic (exact) mass is 236 g/mol. The molecule has 0 heterocycles. The van der Waals surface area contributed by atoms with Crippen molar-refractivity contribution in [2.45, 2.75) is 20.0 Å². The fourth-order valence-electron chi connectivity index (χ4n) is 1.31. The third kappa shape index (κ3) is 3.87. The Bertz CT molecular complexity index is 332. The van der Waals surface area contributed by atoms with Crippen LogP contribution in [0.5, 0.6) is 0 Å². The molecule has 0 N–H and O–H groups in total. The number of fused-ring (bicyclic) bond motifs is 1. The van der Waals surface area contributed by atoms with Crippen molar-refractivity contribution in [2.24, 2.45) is 0 Å². The van der Waals surface area contributed by atoms with Gasteiger partial charge in [0.05, 0.1) is 0 Å². The van der Waals surface area contributed by atoms with E-state index in [1.54, 1.807) is 0 Å². The van der Waals surface area contributed by atoms with Gasteiger partial charge in [-0.3, -0.25) is 0 Å². The van der Waals surface area contributed by atoms with E-state index in [9.17, 15) is 0 Å². The SMILES string of the molecule is C[SiH]C.Cc1cc2ccccc2[cH-]1.[Ti+3]. The maximum Gasteiger partial charge on any atom is 3.00 e. The fourth-order valence-corrected chi connectivity index (χ4v) is 1.31. The molecule has 0 nitrogen and oxygen atoms in total. The fraction of sp³-hybridized carbons (Fsp3) is 0.250. The molecule has 2 heteroatoms. The molecule has 0 saturated heterocycles. The van der Waals surface area contributed by atoms with Gasteiger partial charge in [0, 0.05) is 9.52 Å². The Morgan fingerprint density at radius 1 is 1.14 bits per heavy atom. The smallest absolute Gasteiger partial charge is 0.165 e. The number of hydrogen-bond donors (Lipinski definition) is 0. The van der Waals surface area contributed by atoms with Crippen LogP contribution in [-0.2, 0) is 21.7 Å². The van der Waals surface area contributed by atoms with Crippen molar-refractivity contribution in [3.05, 3.63) is 42.0 Å². The minimum Gasteiger partial charge on any atom is -0.165 e. The van der Waals surface area contributed by atoms with Crippen LogP contribution in [0.3, 0.4) is 0 Å². The Labute approximate surface area is 104 Å². The minimum absolute atomic E-state index is 0. The summed E-state index contributed by atoms with van der Waals surface area (Å²) < 4.78 is 0. The number of aryl methyl sites for hydroxylation is 1. The molecule has 0 spiro atoms. The summed E-state index contributed by atoms with van der Waals surface area (Å²) in [7, 11) is 0.750. The predicted octanol–water partition coefficient (Wildman–Crippen LogP) is 3.38. The summed E-state index contributed by atoms with van der Waals surface area (Å²) in [4.78, 5) is 0. The number of rotatable bonds is 0. The second kappa shape index (κ2) is 7.11. The first-order valence-corrected chi connectivity index (χ1v) is 6.95. The van der Waals surface area contributed by atoms with Gasteiger partial charge in [-0.25, -0.2) is 0 Å². The standard InChI is InChI=1S/C10H9.C2H7Si.Ti/c1-8-6-9-4-2-3-5-10(9)7-8;1-3-2;/h2-7H,1H3;3H,1-2H3;/q-1;;+3. The molecule has 0 bridgehead atoms. The Hall–Kier alpha value is -0.239. The zero-order valence-electron chi connectivity index (χ0n) is 9.04. The van der Waals surface area contributed by atoms with Gasteiger partial charge in [-0.05, 0) is 0 Å². The summed E-state index contributed by atoms with van der Waals surface area (Å²) in [5.41, 5.74) is 1.35. The Morgan fingerprint density at radius 2 is 1.71 bits per heavy atom. The van der Waals surface area contributed by atoms with E-state index in [1.807, 2.05) is 0 Å². The van der Waals surface area contributed by atoms with Crippen molar-refractivity contribution >= 4 is 20.3 Å². The summed E-state index contributed by atoms with van der Waals surface area (Å²) in [5, 5.41) is 2.69. The van der Waals surface area contributed by atoms with Crippen LogP contribution < -0.4 is 0 Å². The Kier molecular flexibility index (Phi) is 6.98. The van der Waals surface area contributed by atoms with E-state index in [-0.39, 0.29) is 21.7 Å². The van der Waals surface area contributed by atoms with Crippen LogP contribution in [0.2, 0.25) is 13.1 Å².